The van der Waals surface area contributed by atoms with Gasteiger partial charge < -0.3 is 9.84 Å². The number of carbonyl (C=O) groups is 1. The van der Waals surface area contributed by atoms with Crippen molar-refractivity contribution in [2.24, 2.45) is 5.41 Å². The van der Waals surface area contributed by atoms with Gasteiger partial charge in [0.2, 0.25) is 0 Å². The number of rotatable bonds is 4. The monoisotopic (exact) mass is 312 g/mol. The van der Waals surface area contributed by atoms with E-state index in [0.717, 1.165) is 18.0 Å². The van der Waals surface area contributed by atoms with E-state index in [4.69, 9.17) is 4.74 Å². The molecule has 7 nitrogen and oxygen atoms in total. The largest absolute Gasteiger partial charge is 0.481 e. The lowest BCUT2D eigenvalue weighted by atomic mass is 9.80. The Hall–Kier alpha value is -1.15. The van der Waals surface area contributed by atoms with Gasteiger partial charge in [-0.1, -0.05) is 6.42 Å². The highest BCUT2D eigenvalue weighted by Crippen LogP contribution is 2.39. The summed E-state index contributed by atoms with van der Waals surface area (Å²) in [5, 5.41) is 21.9. The van der Waals surface area contributed by atoms with E-state index in [0.29, 0.717) is 37.9 Å². The first-order valence-corrected chi connectivity index (χ1v) is 8.45. The molecule has 1 unspecified atom stereocenters. The Morgan fingerprint density at radius 2 is 2.24 bits per heavy atom. The van der Waals surface area contributed by atoms with E-state index in [1.807, 2.05) is 11.8 Å². The number of aliphatic carboxylic acids is 1. The van der Waals surface area contributed by atoms with Gasteiger partial charge in [-0.15, -0.1) is 5.10 Å². The molecule has 0 radical (unpaired) electrons. The highest BCUT2D eigenvalue weighted by molar-refractivity contribution is 7.99. The van der Waals surface area contributed by atoms with Gasteiger partial charge in [0.25, 0.3) is 0 Å². The van der Waals surface area contributed by atoms with Gasteiger partial charge in [-0.05, 0) is 41.9 Å². The molecule has 0 saturated carbocycles. The lowest BCUT2D eigenvalue weighted by Crippen LogP contribution is -2.41. The third-order valence-corrected chi connectivity index (χ3v) is 5.76. The van der Waals surface area contributed by atoms with Crippen LogP contribution < -0.4 is 0 Å². The quantitative estimate of drug-likeness (QED) is 0.901. The number of thioether (sulfide) groups is 1. The highest BCUT2D eigenvalue weighted by atomic mass is 32.2. The van der Waals surface area contributed by atoms with Crippen LogP contribution in [0.3, 0.4) is 0 Å². The second-order valence-corrected chi connectivity index (χ2v) is 7.06. The molecule has 3 heterocycles. The molecule has 2 saturated heterocycles. The van der Waals surface area contributed by atoms with Crippen LogP contribution in [0.2, 0.25) is 0 Å². The van der Waals surface area contributed by atoms with Gasteiger partial charge in [-0.25, -0.2) is 4.68 Å². The normalized spacial score (nSPS) is 25.6. The zero-order valence-electron chi connectivity index (χ0n) is 11.9. The molecular weight excluding hydrogens is 292 g/mol. The smallest absolute Gasteiger partial charge is 0.311 e. The van der Waals surface area contributed by atoms with Crippen LogP contribution in [-0.4, -0.2) is 50.2 Å². The second kappa shape index (κ2) is 6.31. The maximum atomic E-state index is 11.7. The molecule has 0 aromatic carbocycles. The third-order valence-electron chi connectivity index (χ3n) is 4.38. The van der Waals surface area contributed by atoms with Gasteiger partial charge >= 0.3 is 5.97 Å². The van der Waals surface area contributed by atoms with Crippen LogP contribution in [0, 0.1) is 5.41 Å². The molecule has 2 aliphatic rings. The average molecular weight is 312 g/mol. The van der Waals surface area contributed by atoms with Crippen LogP contribution in [0.5, 0.6) is 0 Å². The fraction of sp³-hybridized carbons (Fsp3) is 0.846. The van der Waals surface area contributed by atoms with Crippen molar-refractivity contribution in [3.05, 3.63) is 5.82 Å². The first-order valence-electron chi connectivity index (χ1n) is 7.40. The highest BCUT2D eigenvalue weighted by Gasteiger charge is 2.42. The van der Waals surface area contributed by atoms with Crippen LogP contribution in [0.25, 0.3) is 0 Å². The summed E-state index contributed by atoms with van der Waals surface area (Å²) >= 11 is 1.87. The number of carboxylic acids is 1. The summed E-state index contributed by atoms with van der Waals surface area (Å²) in [7, 11) is 0. The Morgan fingerprint density at radius 1 is 1.43 bits per heavy atom. The fourth-order valence-electron chi connectivity index (χ4n) is 2.99. The molecule has 0 bridgehead atoms. The van der Waals surface area contributed by atoms with Gasteiger partial charge in [-0.2, -0.15) is 11.8 Å². The van der Waals surface area contributed by atoms with E-state index in [1.54, 1.807) is 4.68 Å². The topological polar surface area (TPSA) is 90.1 Å². The Labute approximate surface area is 127 Å². The molecule has 8 heteroatoms. The zero-order chi connectivity index (χ0) is 14.7. The van der Waals surface area contributed by atoms with E-state index in [9.17, 15) is 9.90 Å². The van der Waals surface area contributed by atoms with Gasteiger partial charge in [0.05, 0.1) is 17.2 Å². The van der Waals surface area contributed by atoms with E-state index >= 15 is 0 Å². The molecular formula is C13H20N4O3S. The molecule has 116 valence electrons. The molecule has 2 fully saturated rings. The molecule has 1 aromatic rings. The van der Waals surface area contributed by atoms with Gasteiger partial charge in [0.15, 0.2) is 5.82 Å². The molecule has 0 spiro atoms. The van der Waals surface area contributed by atoms with Crippen molar-refractivity contribution in [2.75, 3.05) is 19.0 Å². The predicted octanol–water partition coefficient (Wildman–Crippen LogP) is 1.51. The molecule has 21 heavy (non-hydrogen) atoms. The van der Waals surface area contributed by atoms with Crippen molar-refractivity contribution in [1.29, 1.82) is 0 Å². The number of ether oxygens (including phenoxy) is 1. The maximum absolute atomic E-state index is 11.7. The number of carboxylic acid groups (broad SMARTS) is 1. The summed E-state index contributed by atoms with van der Waals surface area (Å²) in [5.74, 6) is 1.17. The Bertz CT molecular complexity index is 495. The summed E-state index contributed by atoms with van der Waals surface area (Å²) in [6.07, 6.45) is 4.51. The SMILES string of the molecule is O=C(O)C1(Cn2nnnc2C2CCCCS2)CCOCC1. The molecule has 0 aliphatic carbocycles. The Morgan fingerprint density at radius 3 is 2.90 bits per heavy atom. The van der Waals surface area contributed by atoms with E-state index in [1.165, 1.54) is 12.8 Å². The van der Waals surface area contributed by atoms with Crippen molar-refractivity contribution in [3.8, 4) is 0 Å². The van der Waals surface area contributed by atoms with Crippen molar-refractivity contribution >= 4 is 17.7 Å². The first kappa shape index (κ1) is 14.8. The van der Waals surface area contributed by atoms with Crippen LogP contribution in [0.1, 0.15) is 43.2 Å². The average Bonchev–Trinajstić information content (AvgIpc) is 2.97. The number of hydrogen-bond acceptors (Lipinski definition) is 6. The molecule has 1 N–H and O–H groups in total. The Kier molecular flexibility index (Phi) is 4.44. The summed E-state index contributed by atoms with van der Waals surface area (Å²) in [6.45, 7) is 1.31. The summed E-state index contributed by atoms with van der Waals surface area (Å²) in [6, 6.07) is 0. The van der Waals surface area contributed by atoms with Crippen LogP contribution in [-0.2, 0) is 16.1 Å². The number of nitrogens with zero attached hydrogens (tertiary/aromatic N) is 4. The number of tetrazole rings is 1. The minimum Gasteiger partial charge on any atom is -0.481 e. The molecule has 3 rings (SSSR count). The van der Waals surface area contributed by atoms with E-state index in [2.05, 4.69) is 15.5 Å². The van der Waals surface area contributed by atoms with E-state index in [-0.39, 0.29) is 0 Å². The summed E-state index contributed by atoms with van der Waals surface area (Å²) < 4.78 is 7.02. The lowest BCUT2D eigenvalue weighted by molar-refractivity contribution is -0.156. The summed E-state index contributed by atoms with van der Waals surface area (Å²) in [4.78, 5) is 11.7. The minimum absolute atomic E-state index is 0.291. The summed E-state index contributed by atoms with van der Waals surface area (Å²) in [5.41, 5.74) is -0.804. The van der Waals surface area contributed by atoms with Crippen molar-refractivity contribution in [1.82, 2.24) is 20.2 Å². The van der Waals surface area contributed by atoms with Gasteiger partial charge in [0, 0.05) is 13.2 Å². The molecule has 1 aromatic heterocycles. The van der Waals surface area contributed by atoms with Crippen molar-refractivity contribution in [2.45, 2.75) is 43.9 Å². The molecule has 2 aliphatic heterocycles. The lowest BCUT2D eigenvalue weighted by Gasteiger charge is -2.33. The molecule has 1 atom stereocenters. The van der Waals surface area contributed by atoms with Crippen LogP contribution >= 0.6 is 11.8 Å². The van der Waals surface area contributed by atoms with Crippen LogP contribution in [0.15, 0.2) is 0 Å². The predicted molar refractivity (Wildman–Crippen MR) is 77.0 cm³/mol. The van der Waals surface area contributed by atoms with Gasteiger partial charge in [0.1, 0.15) is 0 Å². The number of aromatic nitrogens is 4. The fourth-order valence-corrected chi connectivity index (χ4v) is 4.29. The maximum Gasteiger partial charge on any atom is 0.311 e. The zero-order valence-corrected chi connectivity index (χ0v) is 12.7. The number of hydrogen-bond donors (Lipinski definition) is 1. The van der Waals surface area contributed by atoms with Crippen molar-refractivity contribution in [3.63, 3.8) is 0 Å². The second-order valence-electron chi connectivity index (χ2n) is 5.75. The minimum atomic E-state index is -0.804. The third kappa shape index (κ3) is 3.06. The molecule has 0 amide bonds. The standard InChI is InChI=1S/C13H20N4O3S/c18-12(19)13(4-6-20-7-5-13)9-17-11(14-15-16-17)10-3-1-2-8-21-10/h10H,1-9H2,(H,18,19). The van der Waals surface area contributed by atoms with Gasteiger partial charge in [-0.3, -0.25) is 4.79 Å². The van der Waals surface area contributed by atoms with E-state index < -0.39 is 11.4 Å². The first-order chi connectivity index (χ1) is 10.2. The Balaban J connectivity index is 1.80. The van der Waals surface area contributed by atoms with Crippen LogP contribution in [0.4, 0.5) is 0 Å². The van der Waals surface area contributed by atoms with Crippen molar-refractivity contribution < 1.29 is 14.6 Å².